The minimum Gasteiger partial charge on any atom is -0.343 e. The fraction of sp³-hybridized carbons (Fsp3) is 0.391. The number of carbonyl (C=O) groups is 4. The number of benzene rings is 1. The van der Waals surface area contributed by atoms with Gasteiger partial charge in [0.25, 0.3) is 0 Å². The zero-order chi connectivity index (χ0) is 22.8. The third-order valence-corrected chi connectivity index (χ3v) is 7.06. The molecule has 1 aromatic carbocycles. The van der Waals surface area contributed by atoms with Crippen LogP contribution in [0.1, 0.15) is 49.1 Å². The fourth-order valence-corrected chi connectivity index (χ4v) is 5.22. The van der Waals surface area contributed by atoms with Gasteiger partial charge in [0.1, 0.15) is 12.4 Å². The van der Waals surface area contributed by atoms with Crippen molar-refractivity contribution in [2.75, 3.05) is 6.54 Å². The first-order valence-corrected chi connectivity index (χ1v) is 11.5. The first-order chi connectivity index (χ1) is 15.4. The quantitative estimate of drug-likeness (QED) is 0.532. The van der Waals surface area contributed by atoms with Crippen molar-refractivity contribution in [3.8, 4) is 0 Å². The number of hydrogen-bond acceptors (Lipinski definition) is 5. The summed E-state index contributed by atoms with van der Waals surface area (Å²) in [6.07, 6.45) is 3.47. The first-order valence-electron chi connectivity index (χ1n) is 10.6. The second kappa shape index (κ2) is 9.20. The van der Waals surface area contributed by atoms with Crippen molar-refractivity contribution in [1.82, 2.24) is 15.1 Å². The number of hydrogen-bond donors (Lipinski definition) is 1. The van der Waals surface area contributed by atoms with Crippen LogP contribution in [0.15, 0.2) is 41.8 Å². The van der Waals surface area contributed by atoms with Crippen LogP contribution in [0.4, 0.5) is 9.18 Å². The molecular weight excluding hydrogens is 433 g/mol. The summed E-state index contributed by atoms with van der Waals surface area (Å²) in [5.74, 6) is -2.71. The van der Waals surface area contributed by atoms with Gasteiger partial charge in [-0.1, -0.05) is 38.0 Å². The van der Waals surface area contributed by atoms with E-state index in [1.807, 2.05) is 24.4 Å². The van der Waals surface area contributed by atoms with Gasteiger partial charge in [-0.25, -0.2) is 14.1 Å². The maximum atomic E-state index is 13.4. The van der Waals surface area contributed by atoms with Gasteiger partial charge >= 0.3 is 17.8 Å². The largest absolute Gasteiger partial charge is 0.343 e. The summed E-state index contributed by atoms with van der Waals surface area (Å²) >= 11 is 1.42. The molecule has 0 spiro atoms. The monoisotopic (exact) mass is 457 g/mol. The Morgan fingerprint density at radius 1 is 1.12 bits per heavy atom. The molecular formula is C23H24FN3O4S. The predicted molar refractivity (Wildman–Crippen MR) is 116 cm³/mol. The molecule has 7 nitrogen and oxygen atoms in total. The van der Waals surface area contributed by atoms with Crippen LogP contribution < -0.4 is 5.32 Å². The van der Waals surface area contributed by atoms with Crippen LogP contribution in [-0.2, 0) is 14.4 Å². The normalized spacial score (nSPS) is 22.4. The number of rotatable bonds is 6. The molecule has 0 bridgehead atoms. The minimum atomic E-state index is -0.975. The second-order valence-electron chi connectivity index (χ2n) is 8.25. The van der Waals surface area contributed by atoms with E-state index in [0.29, 0.717) is 12.0 Å². The van der Waals surface area contributed by atoms with Crippen LogP contribution in [0.25, 0.3) is 0 Å². The van der Waals surface area contributed by atoms with Crippen LogP contribution in [0.5, 0.6) is 0 Å². The molecule has 1 aliphatic carbocycles. The predicted octanol–water partition coefficient (Wildman–Crippen LogP) is 3.46. The minimum absolute atomic E-state index is 0.111. The van der Waals surface area contributed by atoms with Gasteiger partial charge in [0.2, 0.25) is 5.91 Å². The van der Waals surface area contributed by atoms with E-state index < -0.39 is 42.2 Å². The average Bonchev–Trinajstić information content (AvgIpc) is 3.38. The maximum absolute atomic E-state index is 13.4. The topological polar surface area (TPSA) is 86.8 Å². The summed E-state index contributed by atoms with van der Waals surface area (Å²) in [5, 5.41) is 4.67. The van der Waals surface area contributed by atoms with E-state index in [2.05, 4.69) is 5.32 Å². The summed E-state index contributed by atoms with van der Waals surface area (Å²) in [6.45, 7) is 1.42. The highest BCUT2D eigenvalue weighted by atomic mass is 32.1. The lowest BCUT2D eigenvalue weighted by molar-refractivity contribution is -0.145. The molecule has 1 aliphatic heterocycles. The summed E-state index contributed by atoms with van der Waals surface area (Å²) in [4.78, 5) is 53.4. The van der Waals surface area contributed by atoms with Gasteiger partial charge in [-0.15, -0.1) is 11.3 Å². The SMILES string of the molecule is C[C@@H]1CCCC[C@@H]1N1C(=O)C(=O)N(CC(=O)N[C@@H](c2ccc(F)cc2)c2cccs2)C1=O. The Kier molecular flexibility index (Phi) is 6.36. The summed E-state index contributed by atoms with van der Waals surface area (Å²) in [5.41, 5.74) is 0.662. The smallest absolute Gasteiger partial charge is 0.334 e. The lowest BCUT2D eigenvalue weighted by Crippen LogP contribution is -2.47. The third-order valence-electron chi connectivity index (χ3n) is 6.12. The van der Waals surface area contributed by atoms with Crippen LogP contribution in [0.3, 0.4) is 0 Å². The fourth-order valence-electron chi connectivity index (χ4n) is 4.41. The zero-order valence-corrected chi connectivity index (χ0v) is 18.4. The van der Waals surface area contributed by atoms with Gasteiger partial charge in [-0.05, 0) is 47.9 Å². The van der Waals surface area contributed by atoms with Crippen LogP contribution in [-0.4, -0.2) is 46.1 Å². The van der Waals surface area contributed by atoms with E-state index in [9.17, 15) is 23.6 Å². The Morgan fingerprint density at radius 2 is 1.84 bits per heavy atom. The number of carbonyl (C=O) groups excluding carboxylic acids is 4. The van der Waals surface area contributed by atoms with Crippen molar-refractivity contribution >= 4 is 35.1 Å². The lowest BCUT2D eigenvalue weighted by Gasteiger charge is -2.34. The standard InChI is InChI=1S/C23H24FN3O4S/c1-14-5-2-3-6-17(14)27-22(30)21(29)26(23(27)31)13-19(28)25-20(18-7-4-12-32-18)15-8-10-16(24)11-9-15/h4,7-12,14,17,20H,2-3,5-6,13H2,1H3,(H,25,28)/t14-,17+,20+/m1/s1. The molecule has 168 valence electrons. The number of amides is 5. The Bertz CT molecular complexity index is 1020. The highest BCUT2D eigenvalue weighted by Crippen LogP contribution is 2.31. The van der Waals surface area contributed by atoms with Gasteiger partial charge in [0.05, 0.1) is 6.04 Å². The maximum Gasteiger partial charge on any atom is 0.334 e. The van der Waals surface area contributed by atoms with Crippen LogP contribution in [0, 0.1) is 11.7 Å². The molecule has 32 heavy (non-hydrogen) atoms. The molecule has 1 N–H and O–H groups in total. The Balaban J connectivity index is 1.49. The molecule has 1 aromatic heterocycles. The van der Waals surface area contributed by atoms with Crippen molar-refractivity contribution in [3.05, 3.63) is 58.0 Å². The first kappa shape index (κ1) is 22.1. The van der Waals surface area contributed by atoms with Gasteiger partial charge in [0, 0.05) is 10.9 Å². The molecule has 5 amide bonds. The van der Waals surface area contributed by atoms with Crippen molar-refractivity contribution in [3.63, 3.8) is 0 Å². The van der Waals surface area contributed by atoms with Gasteiger partial charge < -0.3 is 5.32 Å². The number of urea groups is 1. The molecule has 4 rings (SSSR count). The van der Waals surface area contributed by atoms with Crippen molar-refractivity contribution in [2.24, 2.45) is 5.92 Å². The Labute approximate surface area is 189 Å². The molecule has 2 fully saturated rings. The lowest BCUT2D eigenvalue weighted by atomic mass is 9.85. The molecule has 1 saturated carbocycles. The third kappa shape index (κ3) is 4.29. The Morgan fingerprint density at radius 3 is 2.50 bits per heavy atom. The summed E-state index contributed by atoms with van der Waals surface area (Å²) < 4.78 is 13.4. The molecule has 2 heterocycles. The van der Waals surface area contributed by atoms with Gasteiger partial charge in [0.15, 0.2) is 0 Å². The number of nitrogens with one attached hydrogen (secondary N) is 1. The van der Waals surface area contributed by atoms with Crippen LogP contribution in [0.2, 0.25) is 0 Å². The van der Waals surface area contributed by atoms with Gasteiger partial charge in [-0.3, -0.25) is 19.3 Å². The summed E-state index contributed by atoms with van der Waals surface area (Å²) in [6, 6.07) is 7.79. The van der Waals surface area contributed by atoms with E-state index in [1.54, 1.807) is 12.1 Å². The number of imide groups is 2. The number of nitrogens with zero attached hydrogens (tertiary/aromatic N) is 2. The van der Waals surface area contributed by atoms with Crippen molar-refractivity contribution < 1.29 is 23.6 Å². The van der Waals surface area contributed by atoms with E-state index >= 15 is 0 Å². The highest BCUT2D eigenvalue weighted by molar-refractivity contribution is 7.10. The number of thiophene rings is 1. The van der Waals surface area contributed by atoms with Crippen LogP contribution >= 0.6 is 11.3 Å². The molecule has 3 atom stereocenters. The van der Waals surface area contributed by atoms with Crippen molar-refractivity contribution in [2.45, 2.75) is 44.7 Å². The highest BCUT2D eigenvalue weighted by Gasteiger charge is 2.49. The molecule has 9 heteroatoms. The van der Waals surface area contributed by atoms with E-state index in [-0.39, 0.29) is 12.0 Å². The average molecular weight is 458 g/mol. The molecule has 0 unspecified atom stereocenters. The summed E-state index contributed by atoms with van der Waals surface area (Å²) in [7, 11) is 0. The number of halogens is 1. The molecule has 0 radical (unpaired) electrons. The van der Waals surface area contributed by atoms with E-state index in [0.717, 1.165) is 33.9 Å². The van der Waals surface area contributed by atoms with Gasteiger partial charge in [-0.2, -0.15) is 0 Å². The van der Waals surface area contributed by atoms with E-state index in [1.165, 1.54) is 23.5 Å². The van der Waals surface area contributed by atoms with Crippen molar-refractivity contribution in [1.29, 1.82) is 0 Å². The second-order valence-corrected chi connectivity index (χ2v) is 9.22. The van der Waals surface area contributed by atoms with E-state index in [4.69, 9.17) is 0 Å². The molecule has 2 aromatic rings. The zero-order valence-electron chi connectivity index (χ0n) is 17.6. The molecule has 2 aliphatic rings. The molecule has 1 saturated heterocycles. The Hall–Kier alpha value is -3.07.